The number of rotatable bonds is 1. The molecule has 16 heavy (non-hydrogen) atoms. The first-order chi connectivity index (χ1) is 6.38. The summed E-state index contributed by atoms with van der Waals surface area (Å²) in [5, 5.41) is 1.69. The highest BCUT2D eigenvalue weighted by Crippen LogP contribution is 2.18. The third-order valence-corrected chi connectivity index (χ3v) is 2.19. The second-order valence-corrected chi connectivity index (χ2v) is 4.87. The second-order valence-electron chi connectivity index (χ2n) is 4.87. The molecule has 1 rings (SSSR count). The van der Waals surface area contributed by atoms with E-state index >= 15 is 0 Å². The Kier molecular flexibility index (Phi) is 8.40. The average Bonchev–Trinajstić information content (AvgIpc) is 2.01. The molecular formula is C10H22Cl2N2O2. The first-order valence-electron chi connectivity index (χ1n) is 5.11. The number of carbonyl (C=O) groups excluding carboxylic acids is 1. The van der Waals surface area contributed by atoms with E-state index in [2.05, 4.69) is 0 Å². The van der Waals surface area contributed by atoms with Gasteiger partial charge < -0.3 is 4.74 Å². The lowest BCUT2D eigenvalue weighted by molar-refractivity contribution is -0.161. The van der Waals surface area contributed by atoms with Crippen LogP contribution in [-0.4, -0.2) is 29.7 Å². The predicted octanol–water partition coefficient (Wildman–Crippen LogP) is 1.76. The van der Waals surface area contributed by atoms with Crippen molar-refractivity contribution in [2.24, 2.45) is 11.8 Å². The summed E-state index contributed by atoms with van der Waals surface area (Å²) in [4.78, 5) is 11.7. The molecule has 1 aliphatic rings. The Morgan fingerprint density at radius 2 is 1.94 bits per heavy atom. The van der Waals surface area contributed by atoms with Crippen molar-refractivity contribution in [2.45, 2.75) is 39.2 Å². The van der Waals surface area contributed by atoms with Crippen LogP contribution in [0, 0.1) is 5.92 Å². The van der Waals surface area contributed by atoms with Crippen LogP contribution in [0.3, 0.4) is 0 Å². The van der Waals surface area contributed by atoms with Crippen molar-refractivity contribution >= 4 is 30.8 Å². The highest BCUT2D eigenvalue weighted by Gasteiger charge is 2.28. The van der Waals surface area contributed by atoms with Crippen LogP contribution in [0.4, 0.5) is 0 Å². The molecule has 0 aromatic rings. The fourth-order valence-corrected chi connectivity index (χ4v) is 1.58. The fraction of sp³-hybridized carbons (Fsp3) is 0.900. The zero-order valence-corrected chi connectivity index (χ0v) is 11.7. The van der Waals surface area contributed by atoms with Gasteiger partial charge in [0.15, 0.2) is 0 Å². The summed E-state index contributed by atoms with van der Waals surface area (Å²) >= 11 is 0. The quantitative estimate of drug-likeness (QED) is 0.584. The Labute approximate surface area is 110 Å². The fourth-order valence-electron chi connectivity index (χ4n) is 1.58. The van der Waals surface area contributed by atoms with Gasteiger partial charge in [0.25, 0.3) is 0 Å². The predicted molar refractivity (Wildman–Crippen MR) is 68.8 cm³/mol. The lowest BCUT2D eigenvalue weighted by Crippen LogP contribution is -2.44. The van der Waals surface area contributed by atoms with Gasteiger partial charge >= 0.3 is 5.97 Å². The van der Waals surface area contributed by atoms with Gasteiger partial charge in [-0.05, 0) is 33.6 Å². The van der Waals surface area contributed by atoms with Crippen molar-refractivity contribution in [1.29, 1.82) is 0 Å². The Morgan fingerprint density at radius 1 is 1.38 bits per heavy atom. The number of hydrogen-bond donors (Lipinski definition) is 1. The number of carbonyl (C=O) groups is 1. The van der Waals surface area contributed by atoms with Gasteiger partial charge in [-0.2, -0.15) is 0 Å². The number of piperidine rings is 1. The van der Waals surface area contributed by atoms with Gasteiger partial charge in [0.2, 0.25) is 0 Å². The standard InChI is InChI=1S/C10H20N2O2.2ClH/c1-10(2,3)14-9(13)8-5-4-6-12(11)7-8;;/h8H,4-7,11H2,1-3H3;2*1H. The third kappa shape index (κ3) is 6.53. The molecule has 6 heteroatoms. The van der Waals surface area contributed by atoms with Crippen LogP contribution < -0.4 is 5.84 Å². The number of halogens is 2. The van der Waals surface area contributed by atoms with E-state index in [1.54, 1.807) is 5.01 Å². The van der Waals surface area contributed by atoms with Gasteiger partial charge in [-0.25, -0.2) is 5.01 Å². The summed E-state index contributed by atoms with van der Waals surface area (Å²) < 4.78 is 5.30. The van der Waals surface area contributed by atoms with E-state index in [9.17, 15) is 4.79 Å². The van der Waals surface area contributed by atoms with Crippen LogP contribution in [0.15, 0.2) is 0 Å². The number of ether oxygens (including phenoxy) is 1. The third-order valence-electron chi connectivity index (χ3n) is 2.19. The minimum Gasteiger partial charge on any atom is -0.460 e. The molecule has 0 radical (unpaired) electrons. The van der Waals surface area contributed by atoms with E-state index in [-0.39, 0.29) is 36.7 Å². The van der Waals surface area contributed by atoms with Crippen LogP contribution in [-0.2, 0) is 9.53 Å². The molecule has 4 nitrogen and oxygen atoms in total. The van der Waals surface area contributed by atoms with E-state index in [0.717, 1.165) is 19.4 Å². The van der Waals surface area contributed by atoms with E-state index in [1.807, 2.05) is 20.8 Å². The van der Waals surface area contributed by atoms with Crippen LogP contribution in [0.2, 0.25) is 0 Å². The number of nitrogens with two attached hydrogens (primary N) is 1. The van der Waals surface area contributed by atoms with E-state index in [1.165, 1.54) is 0 Å². The molecule has 98 valence electrons. The summed E-state index contributed by atoms with van der Waals surface area (Å²) in [5.74, 6) is 5.49. The van der Waals surface area contributed by atoms with Crippen LogP contribution in [0.5, 0.6) is 0 Å². The molecule has 1 heterocycles. The van der Waals surface area contributed by atoms with Gasteiger partial charge in [-0.15, -0.1) is 24.8 Å². The molecule has 1 atom stereocenters. The monoisotopic (exact) mass is 272 g/mol. The van der Waals surface area contributed by atoms with Crippen LogP contribution in [0.25, 0.3) is 0 Å². The first kappa shape index (κ1) is 18.3. The molecule has 0 aromatic carbocycles. The van der Waals surface area contributed by atoms with Gasteiger partial charge in [-0.3, -0.25) is 10.6 Å². The lowest BCUT2D eigenvalue weighted by atomic mass is 9.99. The maximum Gasteiger partial charge on any atom is 0.310 e. The topological polar surface area (TPSA) is 55.6 Å². The van der Waals surface area contributed by atoms with Crippen molar-refractivity contribution in [1.82, 2.24) is 5.01 Å². The molecule has 2 N–H and O–H groups in total. The normalized spacial score (nSPS) is 21.6. The maximum atomic E-state index is 11.7. The number of hydrogen-bond acceptors (Lipinski definition) is 4. The molecule has 0 amide bonds. The van der Waals surface area contributed by atoms with Crippen molar-refractivity contribution in [3.8, 4) is 0 Å². The highest BCUT2D eigenvalue weighted by molar-refractivity contribution is 5.85. The number of esters is 1. The van der Waals surface area contributed by atoms with Crippen molar-refractivity contribution < 1.29 is 9.53 Å². The van der Waals surface area contributed by atoms with Gasteiger partial charge in [0.05, 0.1) is 5.92 Å². The highest BCUT2D eigenvalue weighted by atomic mass is 35.5. The zero-order valence-electron chi connectivity index (χ0n) is 10.1. The maximum absolute atomic E-state index is 11.7. The SMILES string of the molecule is CC(C)(C)OC(=O)C1CCCN(N)C1.Cl.Cl. The Bertz CT molecular complexity index is 219. The zero-order chi connectivity index (χ0) is 10.8. The molecule has 0 aliphatic carbocycles. The summed E-state index contributed by atoms with van der Waals surface area (Å²) in [6, 6.07) is 0. The molecule has 1 aliphatic heterocycles. The number of nitrogens with zero attached hydrogens (tertiary/aromatic N) is 1. The van der Waals surface area contributed by atoms with Crippen LogP contribution in [0.1, 0.15) is 33.6 Å². The van der Waals surface area contributed by atoms with Gasteiger partial charge in [0, 0.05) is 13.1 Å². The molecule has 0 bridgehead atoms. The van der Waals surface area contributed by atoms with Crippen LogP contribution >= 0.6 is 24.8 Å². The molecule has 0 spiro atoms. The lowest BCUT2D eigenvalue weighted by Gasteiger charge is -2.30. The second kappa shape index (κ2) is 7.33. The van der Waals surface area contributed by atoms with Crippen molar-refractivity contribution in [2.75, 3.05) is 13.1 Å². The summed E-state index contributed by atoms with van der Waals surface area (Å²) in [7, 11) is 0. The van der Waals surface area contributed by atoms with E-state index in [0.29, 0.717) is 6.54 Å². The minimum absolute atomic E-state index is 0. The Hall–Kier alpha value is -0.0300. The summed E-state index contributed by atoms with van der Waals surface area (Å²) in [6.07, 6.45) is 1.86. The Morgan fingerprint density at radius 3 is 2.38 bits per heavy atom. The Balaban J connectivity index is 0. The molecule has 1 unspecified atom stereocenters. The van der Waals surface area contributed by atoms with E-state index in [4.69, 9.17) is 10.6 Å². The van der Waals surface area contributed by atoms with Gasteiger partial charge in [-0.1, -0.05) is 0 Å². The smallest absolute Gasteiger partial charge is 0.310 e. The summed E-state index contributed by atoms with van der Waals surface area (Å²) in [5.41, 5.74) is -0.395. The molecular weight excluding hydrogens is 251 g/mol. The van der Waals surface area contributed by atoms with Crippen molar-refractivity contribution in [3.05, 3.63) is 0 Å². The number of hydrazine groups is 1. The largest absolute Gasteiger partial charge is 0.460 e. The first-order valence-corrected chi connectivity index (χ1v) is 5.11. The van der Waals surface area contributed by atoms with Gasteiger partial charge in [0.1, 0.15) is 5.60 Å². The average molecular weight is 273 g/mol. The minimum atomic E-state index is -0.395. The molecule has 1 fully saturated rings. The molecule has 0 saturated carbocycles. The molecule has 1 saturated heterocycles. The molecule has 0 aromatic heterocycles. The van der Waals surface area contributed by atoms with Crippen molar-refractivity contribution in [3.63, 3.8) is 0 Å². The van der Waals surface area contributed by atoms with E-state index < -0.39 is 5.60 Å². The summed E-state index contributed by atoms with van der Waals surface area (Å²) in [6.45, 7) is 7.14.